The first-order valence-electron chi connectivity index (χ1n) is 7.28. The lowest BCUT2D eigenvalue weighted by Gasteiger charge is -2.12. The molecule has 0 fully saturated rings. The van der Waals surface area contributed by atoms with E-state index < -0.39 is 5.97 Å². The second kappa shape index (κ2) is 7.36. The summed E-state index contributed by atoms with van der Waals surface area (Å²) in [5.41, 5.74) is 7.64. The molecule has 0 aromatic heterocycles. The lowest BCUT2D eigenvalue weighted by Crippen LogP contribution is -2.09. The Morgan fingerprint density at radius 2 is 1.44 bits per heavy atom. The van der Waals surface area contributed by atoms with Gasteiger partial charge < -0.3 is 10.5 Å². The van der Waals surface area contributed by atoms with Gasteiger partial charge in [0.05, 0.1) is 26.3 Å². The summed E-state index contributed by atoms with van der Waals surface area (Å²) in [6.07, 6.45) is 0. The zero-order valence-electron chi connectivity index (χ0n) is 12.8. The number of para-hydroxylation sites is 1. The van der Waals surface area contributed by atoms with Crippen molar-refractivity contribution in [1.82, 2.24) is 0 Å². The Balaban J connectivity index is 1.98. The minimum absolute atomic E-state index is 0.0959. The molecule has 126 valence electrons. The van der Waals surface area contributed by atoms with Gasteiger partial charge in [0.1, 0.15) is 5.75 Å². The molecule has 2 N–H and O–H groups in total. The normalized spacial score (nSPS) is 10.5. The SMILES string of the molecule is Nc1cccc(-c2ccc(C(=O)Oc3ccccc3)c(Cl)c2Cl)c1Cl. The maximum absolute atomic E-state index is 12.3. The van der Waals surface area contributed by atoms with Crippen molar-refractivity contribution >= 4 is 46.5 Å². The third-order valence-electron chi connectivity index (χ3n) is 3.57. The van der Waals surface area contributed by atoms with E-state index in [1.165, 1.54) is 0 Å². The molecule has 0 saturated heterocycles. The molecule has 6 heteroatoms. The lowest BCUT2D eigenvalue weighted by atomic mass is 10.0. The summed E-state index contributed by atoms with van der Waals surface area (Å²) in [5.74, 6) is -0.175. The minimum atomic E-state index is -0.594. The Hall–Kier alpha value is -2.20. The summed E-state index contributed by atoms with van der Waals surface area (Å²) in [6.45, 7) is 0. The molecule has 3 nitrogen and oxygen atoms in total. The molecule has 0 bridgehead atoms. The molecule has 0 radical (unpaired) electrons. The van der Waals surface area contributed by atoms with Gasteiger partial charge in [-0.25, -0.2) is 4.79 Å². The number of rotatable bonds is 3. The molecular formula is C19H12Cl3NO2. The van der Waals surface area contributed by atoms with Crippen LogP contribution in [0.3, 0.4) is 0 Å². The first kappa shape index (κ1) is 17.6. The molecule has 0 unspecified atom stereocenters. The van der Waals surface area contributed by atoms with Gasteiger partial charge in [-0.05, 0) is 24.3 Å². The predicted molar refractivity (Wildman–Crippen MR) is 103 cm³/mol. The highest BCUT2D eigenvalue weighted by Crippen LogP contribution is 2.40. The second-order valence-corrected chi connectivity index (χ2v) is 6.33. The van der Waals surface area contributed by atoms with Crippen molar-refractivity contribution < 1.29 is 9.53 Å². The third-order valence-corrected chi connectivity index (χ3v) is 4.88. The fourth-order valence-electron chi connectivity index (χ4n) is 2.32. The van der Waals surface area contributed by atoms with Crippen LogP contribution in [0.1, 0.15) is 10.4 Å². The number of halogens is 3. The summed E-state index contributed by atoms with van der Waals surface area (Å²) < 4.78 is 5.30. The van der Waals surface area contributed by atoms with Crippen molar-refractivity contribution in [1.29, 1.82) is 0 Å². The molecule has 0 spiro atoms. The summed E-state index contributed by atoms with van der Waals surface area (Å²) in [4.78, 5) is 12.3. The Labute approximate surface area is 159 Å². The average molecular weight is 393 g/mol. The van der Waals surface area contributed by atoms with Crippen LogP contribution in [0.4, 0.5) is 5.69 Å². The molecule has 0 atom stereocenters. The highest BCUT2D eigenvalue weighted by Gasteiger charge is 2.19. The number of benzene rings is 3. The average Bonchev–Trinajstić information content (AvgIpc) is 2.61. The van der Waals surface area contributed by atoms with Crippen LogP contribution in [0, 0.1) is 0 Å². The van der Waals surface area contributed by atoms with Crippen molar-refractivity contribution in [2.45, 2.75) is 0 Å². The smallest absolute Gasteiger partial charge is 0.345 e. The van der Waals surface area contributed by atoms with Crippen molar-refractivity contribution in [3.8, 4) is 16.9 Å². The molecule has 3 aromatic carbocycles. The zero-order valence-corrected chi connectivity index (χ0v) is 15.1. The van der Waals surface area contributed by atoms with Crippen LogP contribution in [0.25, 0.3) is 11.1 Å². The van der Waals surface area contributed by atoms with Crippen LogP contribution in [0.2, 0.25) is 15.1 Å². The number of carbonyl (C=O) groups is 1. The Kier molecular flexibility index (Phi) is 5.19. The number of nitrogen functional groups attached to an aromatic ring is 1. The Bertz CT molecular complexity index is 943. The molecule has 25 heavy (non-hydrogen) atoms. The van der Waals surface area contributed by atoms with E-state index in [9.17, 15) is 4.79 Å². The zero-order chi connectivity index (χ0) is 18.0. The maximum atomic E-state index is 12.3. The first-order chi connectivity index (χ1) is 12.0. The van der Waals surface area contributed by atoms with Gasteiger partial charge in [0.25, 0.3) is 0 Å². The minimum Gasteiger partial charge on any atom is -0.423 e. The molecule has 0 heterocycles. The van der Waals surface area contributed by atoms with Gasteiger partial charge in [-0.3, -0.25) is 0 Å². The fourth-order valence-corrected chi connectivity index (χ4v) is 3.06. The van der Waals surface area contributed by atoms with E-state index in [0.29, 0.717) is 27.6 Å². The summed E-state index contributed by atoms with van der Waals surface area (Å²) in [6, 6.07) is 17.1. The van der Waals surface area contributed by atoms with Crippen LogP contribution in [0.15, 0.2) is 60.7 Å². The number of hydrogen-bond acceptors (Lipinski definition) is 3. The Morgan fingerprint density at radius 1 is 0.760 bits per heavy atom. The topological polar surface area (TPSA) is 52.3 Å². The molecule has 0 aliphatic carbocycles. The fraction of sp³-hybridized carbons (Fsp3) is 0. The standard InChI is InChI=1S/C19H12Cl3NO2/c20-16-12(7-4-8-15(16)23)13-9-10-14(18(22)17(13)21)19(24)25-11-5-2-1-3-6-11/h1-10H,23H2. The van der Waals surface area contributed by atoms with Crippen LogP contribution in [-0.2, 0) is 0 Å². The number of carbonyl (C=O) groups excluding carboxylic acids is 1. The van der Waals surface area contributed by atoms with Gasteiger partial charge in [0.2, 0.25) is 0 Å². The summed E-state index contributed by atoms with van der Waals surface area (Å²) in [5, 5.41) is 0.676. The highest BCUT2D eigenvalue weighted by atomic mass is 35.5. The van der Waals surface area contributed by atoms with Crippen molar-refractivity contribution in [2.24, 2.45) is 0 Å². The number of esters is 1. The number of hydrogen-bond donors (Lipinski definition) is 1. The van der Waals surface area contributed by atoms with Crippen molar-refractivity contribution in [3.05, 3.63) is 81.3 Å². The van der Waals surface area contributed by atoms with Gasteiger partial charge in [-0.2, -0.15) is 0 Å². The van der Waals surface area contributed by atoms with Gasteiger partial charge in [-0.15, -0.1) is 0 Å². The van der Waals surface area contributed by atoms with E-state index in [4.69, 9.17) is 45.3 Å². The summed E-state index contributed by atoms with van der Waals surface area (Å²) >= 11 is 18.9. The molecule has 0 aliphatic rings. The van der Waals surface area contributed by atoms with E-state index in [0.717, 1.165) is 0 Å². The van der Waals surface area contributed by atoms with Crippen LogP contribution in [0.5, 0.6) is 5.75 Å². The van der Waals surface area contributed by atoms with E-state index in [-0.39, 0.29) is 15.6 Å². The van der Waals surface area contributed by atoms with Crippen LogP contribution in [-0.4, -0.2) is 5.97 Å². The Morgan fingerprint density at radius 3 is 2.16 bits per heavy atom. The number of nitrogens with two attached hydrogens (primary N) is 1. The van der Waals surface area contributed by atoms with E-state index in [1.54, 1.807) is 54.6 Å². The van der Waals surface area contributed by atoms with E-state index >= 15 is 0 Å². The third kappa shape index (κ3) is 3.59. The van der Waals surface area contributed by atoms with Crippen LogP contribution < -0.4 is 10.5 Å². The van der Waals surface area contributed by atoms with E-state index in [1.807, 2.05) is 6.07 Å². The molecule has 3 rings (SSSR count). The highest BCUT2D eigenvalue weighted by molar-refractivity contribution is 6.46. The van der Waals surface area contributed by atoms with Gasteiger partial charge >= 0.3 is 5.97 Å². The molecular weight excluding hydrogens is 381 g/mol. The molecule has 0 amide bonds. The van der Waals surface area contributed by atoms with Gasteiger partial charge in [0, 0.05) is 11.1 Å². The van der Waals surface area contributed by atoms with Gasteiger partial charge in [-0.1, -0.05) is 71.2 Å². The molecule has 0 aliphatic heterocycles. The van der Waals surface area contributed by atoms with Crippen molar-refractivity contribution in [3.63, 3.8) is 0 Å². The van der Waals surface area contributed by atoms with Gasteiger partial charge in [0.15, 0.2) is 0 Å². The van der Waals surface area contributed by atoms with Crippen molar-refractivity contribution in [2.75, 3.05) is 5.73 Å². The number of anilines is 1. The quantitative estimate of drug-likeness (QED) is 0.332. The van der Waals surface area contributed by atoms with E-state index in [2.05, 4.69) is 0 Å². The maximum Gasteiger partial charge on any atom is 0.345 e. The number of ether oxygens (including phenoxy) is 1. The second-order valence-electron chi connectivity index (χ2n) is 5.20. The molecule has 0 saturated carbocycles. The summed E-state index contributed by atoms with van der Waals surface area (Å²) in [7, 11) is 0. The predicted octanol–water partition coefficient (Wildman–Crippen LogP) is 6.12. The molecule has 3 aromatic rings. The first-order valence-corrected chi connectivity index (χ1v) is 8.42. The lowest BCUT2D eigenvalue weighted by molar-refractivity contribution is 0.0735. The van der Waals surface area contributed by atoms with Crippen LogP contribution >= 0.6 is 34.8 Å². The monoisotopic (exact) mass is 391 g/mol. The largest absolute Gasteiger partial charge is 0.423 e.